The maximum atomic E-state index is 13.0. The molecule has 4 nitrogen and oxygen atoms in total. The number of ether oxygens (including phenoxy) is 1. The van der Waals surface area contributed by atoms with Crippen molar-refractivity contribution in [2.45, 2.75) is 19.1 Å². The molecule has 16 heavy (non-hydrogen) atoms. The minimum absolute atomic E-state index is 0.0171. The predicted octanol–water partition coefficient (Wildman–Crippen LogP) is 0.807. The van der Waals surface area contributed by atoms with Crippen LogP contribution in [0, 0.1) is 5.95 Å². The first-order valence-electron chi connectivity index (χ1n) is 5.31. The Kier molecular flexibility index (Phi) is 3.36. The van der Waals surface area contributed by atoms with Gasteiger partial charge < -0.3 is 14.7 Å². The molecule has 0 saturated carbocycles. The van der Waals surface area contributed by atoms with E-state index in [1.54, 1.807) is 6.07 Å². The first kappa shape index (κ1) is 11.3. The summed E-state index contributed by atoms with van der Waals surface area (Å²) >= 11 is 0. The Bertz CT molecular complexity index is 362. The fourth-order valence-corrected chi connectivity index (χ4v) is 1.86. The Hall–Kier alpha value is -1.20. The first-order valence-corrected chi connectivity index (χ1v) is 5.31. The third-order valence-electron chi connectivity index (χ3n) is 2.75. The number of halogens is 1. The number of anilines is 1. The zero-order chi connectivity index (χ0) is 11.5. The molecule has 1 aromatic heterocycles. The highest BCUT2D eigenvalue weighted by molar-refractivity contribution is 5.46. The molecule has 1 N–H and O–H groups in total. The summed E-state index contributed by atoms with van der Waals surface area (Å²) in [6, 6.07) is 3.33. The van der Waals surface area contributed by atoms with Crippen LogP contribution in [0.3, 0.4) is 0 Å². The van der Waals surface area contributed by atoms with Gasteiger partial charge in [-0.25, -0.2) is 4.98 Å². The van der Waals surface area contributed by atoms with Gasteiger partial charge in [-0.2, -0.15) is 4.39 Å². The Balaban J connectivity index is 2.17. The van der Waals surface area contributed by atoms with Gasteiger partial charge in [0.25, 0.3) is 0 Å². The number of rotatable bonds is 2. The van der Waals surface area contributed by atoms with Gasteiger partial charge in [0.05, 0.1) is 19.3 Å². The molecule has 1 fully saturated rings. The molecule has 1 aliphatic rings. The van der Waals surface area contributed by atoms with E-state index in [9.17, 15) is 4.39 Å². The SMILES string of the molecule is CC1COC(CO)CN1c1ccnc(F)c1. The van der Waals surface area contributed by atoms with Crippen LogP contribution in [0.5, 0.6) is 0 Å². The lowest BCUT2D eigenvalue weighted by Gasteiger charge is -2.39. The first-order chi connectivity index (χ1) is 7.70. The van der Waals surface area contributed by atoms with E-state index >= 15 is 0 Å². The van der Waals surface area contributed by atoms with Crippen molar-refractivity contribution in [1.29, 1.82) is 0 Å². The van der Waals surface area contributed by atoms with Gasteiger partial charge in [-0.3, -0.25) is 0 Å². The van der Waals surface area contributed by atoms with Gasteiger partial charge in [0.15, 0.2) is 0 Å². The van der Waals surface area contributed by atoms with Crippen LogP contribution < -0.4 is 4.90 Å². The standard InChI is InChI=1S/C11H15FN2O2/c1-8-7-16-10(6-15)5-14(8)9-2-3-13-11(12)4-9/h2-4,8,10,15H,5-7H2,1H3. The minimum atomic E-state index is -0.489. The highest BCUT2D eigenvalue weighted by atomic mass is 19.1. The quantitative estimate of drug-likeness (QED) is 0.758. The van der Waals surface area contributed by atoms with E-state index in [1.807, 2.05) is 11.8 Å². The Labute approximate surface area is 93.7 Å². The lowest BCUT2D eigenvalue weighted by molar-refractivity contribution is -0.0103. The van der Waals surface area contributed by atoms with Crippen molar-refractivity contribution in [1.82, 2.24) is 4.98 Å². The average Bonchev–Trinajstić information content (AvgIpc) is 2.30. The summed E-state index contributed by atoms with van der Waals surface area (Å²) in [7, 11) is 0. The average molecular weight is 226 g/mol. The zero-order valence-electron chi connectivity index (χ0n) is 9.14. The van der Waals surface area contributed by atoms with Crippen LogP contribution in [0.1, 0.15) is 6.92 Å². The maximum absolute atomic E-state index is 13.0. The Morgan fingerprint density at radius 1 is 1.69 bits per heavy atom. The Morgan fingerprint density at radius 3 is 3.19 bits per heavy atom. The van der Waals surface area contributed by atoms with Crippen LogP contribution in [0.15, 0.2) is 18.3 Å². The number of aliphatic hydroxyl groups is 1. The molecule has 88 valence electrons. The van der Waals surface area contributed by atoms with Crippen molar-refractivity contribution in [2.24, 2.45) is 0 Å². The molecule has 2 rings (SSSR count). The highest BCUT2D eigenvalue weighted by Gasteiger charge is 2.25. The van der Waals surface area contributed by atoms with Crippen LogP contribution in [0.4, 0.5) is 10.1 Å². The van der Waals surface area contributed by atoms with Gasteiger partial charge in [0.2, 0.25) is 5.95 Å². The van der Waals surface area contributed by atoms with Crippen LogP contribution in [-0.4, -0.2) is 42.0 Å². The van der Waals surface area contributed by atoms with E-state index in [4.69, 9.17) is 9.84 Å². The molecule has 0 aliphatic carbocycles. The third-order valence-corrected chi connectivity index (χ3v) is 2.75. The monoisotopic (exact) mass is 226 g/mol. The molecule has 0 amide bonds. The van der Waals surface area contributed by atoms with Gasteiger partial charge in [0, 0.05) is 30.5 Å². The molecule has 0 spiro atoms. The molecule has 0 bridgehead atoms. The van der Waals surface area contributed by atoms with Gasteiger partial charge in [0.1, 0.15) is 0 Å². The van der Waals surface area contributed by atoms with E-state index in [0.29, 0.717) is 13.2 Å². The van der Waals surface area contributed by atoms with E-state index in [-0.39, 0.29) is 18.8 Å². The number of aromatic nitrogens is 1. The van der Waals surface area contributed by atoms with Crippen LogP contribution in [0.2, 0.25) is 0 Å². The van der Waals surface area contributed by atoms with Crippen LogP contribution in [0.25, 0.3) is 0 Å². The van der Waals surface area contributed by atoms with Crippen LogP contribution >= 0.6 is 0 Å². The van der Waals surface area contributed by atoms with E-state index < -0.39 is 5.95 Å². The van der Waals surface area contributed by atoms with E-state index in [1.165, 1.54) is 12.3 Å². The molecule has 1 aromatic rings. The summed E-state index contributed by atoms with van der Waals surface area (Å²) < 4.78 is 18.4. The maximum Gasteiger partial charge on any atom is 0.214 e. The molecular formula is C11H15FN2O2. The van der Waals surface area contributed by atoms with Crippen molar-refractivity contribution in [3.05, 3.63) is 24.3 Å². The topological polar surface area (TPSA) is 45.6 Å². The molecule has 0 radical (unpaired) electrons. The number of pyridine rings is 1. The van der Waals surface area contributed by atoms with Gasteiger partial charge in [-0.1, -0.05) is 0 Å². The summed E-state index contributed by atoms with van der Waals surface area (Å²) in [5.74, 6) is -0.489. The third kappa shape index (κ3) is 2.31. The van der Waals surface area contributed by atoms with Crippen molar-refractivity contribution in [2.75, 3.05) is 24.7 Å². The fraction of sp³-hybridized carbons (Fsp3) is 0.545. The number of morpholine rings is 1. The fourth-order valence-electron chi connectivity index (χ4n) is 1.86. The van der Waals surface area contributed by atoms with Gasteiger partial charge >= 0.3 is 0 Å². The largest absolute Gasteiger partial charge is 0.394 e. The summed E-state index contributed by atoms with van der Waals surface area (Å²) in [5.41, 5.74) is 0.779. The van der Waals surface area contributed by atoms with Gasteiger partial charge in [-0.05, 0) is 13.0 Å². The number of hydrogen-bond donors (Lipinski definition) is 1. The predicted molar refractivity (Wildman–Crippen MR) is 57.8 cm³/mol. The van der Waals surface area contributed by atoms with Crippen molar-refractivity contribution in [3.8, 4) is 0 Å². The van der Waals surface area contributed by atoms with Crippen LogP contribution in [-0.2, 0) is 4.74 Å². The van der Waals surface area contributed by atoms with Crippen molar-refractivity contribution >= 4 is 5.69 Å². The smallest absolute Gasteiger partial charge is 0.214 e. The molecule has 1 aliphatic heterocycles. The molecule has 1 saturated heterocycles. The van der Waals surface area contributed by atoms with Crippen molar-refractivity contribution < 1.29 is 14.2 Å². The molecule has 2 unspecified atom stereocenters. The summed E-state index contributed by atoms with van der Waals surface area (Å²) in [6.45, 7) is 3.10. The molecule has 0 aromatic carbocycles. The second-order valence-corrected chi connectivity index (χ2v) is 3.98. The van der Waals surface area contributed by atoms with Gasteiger partial charge in [-0.15, -0.1) is 0 Å². The number of nitrogens with zero attached hydrogens (tertiary/aromatic N) is 2. The molecule has 2 atom stereocenters. The van der Waals surface area contributed by atoms with E-state index in [0.717, 1.165) is 5.69 Å². The summed E-state index contributed by atoms with van der Waals surface area (Å²) in [6.07, 6.45) is 1.24. The Morgan fingerprint density at radius 2 is 2.50 bits per heavy atom. The highest BCUT2D eigenvalue weighted by Crippen LogP contribution is 2.21. The normalized spacial score (nSPS) is 25.8. The lowest BCUT2D eigenvalue weighted by atomic mass is 10.2. The second kappa shape index (κ2) is 4.76. The number of aliphatic hydroxyl groups excluding tert-OH is 1. The van der Waals surface area contributed by atoms with E-state index in [2.05, 4.69) is 4.98 Å². The lowest BCUT2D eigenvalue weighted by Crippen LogP contribution is -2.49. The van der Waals surface area contributed by atoms with Crippen molar-refractivity contribution in [3.63, 3.8) is 0 Å². The summed E-state index contributed by atoms with van der Waals surface area (Å²) in [5, 5.41) is 9.06. The minimum Gasteiger partial charge on any atom is -0.394 e. The summed E-state index contributed by atoms with van der Waals surface area (Å²) in [4.78, 5) is 5.55. The molecular weight excluding hydrogens is 211 g/mol. The number of hydrogen-bond acceptors (Lipinski definition) is 4. The molecule has 2 heterocycles. The zero-order valence-corrected chi connectivity index (χ0v) is 9.14. The molecule has 5 heteroatoms. The second-order valence-electron chi connectivity index (χ2n) is 3.98.